The number of fused-ring (bicyclic) bond motifs is 1. The third-order valence-electron chi connectivity index (χ3n) is 5.04. The summed E-state index contributed by atoms with van der Waals surface area (Å²) in [5.74, 6) is -0.745. The predicted molar refractivity (Wildman–Crippen MR) is 117 cm³/mol. The number of benzene rings is 1. The predicted octanol–water partition coefficient (Wildman–Crippen LogP) is 0.776. The van der Waals surface area contributed by atoms with Crippen molar-refractivity contribution in [1.29, 1.82) is 0 Å². The van der Waals surface area contributed by atoms with Crippen LogP contribution in [-0.2, 0) is 14.3 Å². The smallest absolute Gasteiger partial charge is 0.336 e. The average Bonchev–Trinajstić information content (AvgIpc) is 2.73. The Morgan fingerprint density at radius 1 is 1.16 bits per heavy atom. The molecule has 31 heavy (non-hydrogen) atoms. The molecule has 0 atom stereocenters. The maximum Gasteiger partial charge on any atom is 0.336 e. The molecule has 2 amide bonds. The first kappa shape index (κ1) is 22.4. The zero-order valence-corrected chi connectivity index (χ0v) is 17.7. The first-order chi connectivity index (χ1) is 14.9. The van der Waals surface area contributed by atoms with Gasteiger partial charge in [0, 0.05) is 57.8 Å². The molecule has 0 saturated carbocycles. The molecule has 1 aliphatic heterocycles. The molecule has 1 aromatic heterocycles. The van der Waals surface area contributed by atoms with Crippen molar-refractivity contribution in [3.05, 3.63) is 29.8 Å². The number of nitrogens with zero attached hydrogens (tertiary/aromatic N) is 3. The van der Waals surface area contributed by atoms with Crippen LogP contribution in [0.1, 0.15) is 17.3 Å². The minimum atomic E-state index is -1.06. The number of rotatable bonds is 8. The van der Waals surface area contributed by atoms with Crippen LogP contribution in [0.2, 0.25) is 0 Å². The van der Waals surface area contributed by atoms with Crippen LogP contribution in [-0.4, -0.2) is 85.8 Å². The second-order valence-corrected chi connectivity index (χ2v) is 7.35. The molecule has 3 rings (SSSR count). The molecule has 1 aliphatic rings. The molecule has 2 heterocycles. The molecule has 3 N–H and O–H groups in total. The van der Waals surface area contributed by atoms with Crippen LogP contribution in [0.25, 0.3) is 10.9 Å². The second kappa shape index (κ2) is 10.2. The molecule has 1 fully saturated rings. The number of amides is 2. The normalized spacial score (nSPS) is 14.5. The van der Waals surface area contributed by atoms with E-state index in [1.165, 1.54) is 6.92 Å². The number of carboxylic acids is 1. The number of nitrogens with one attached hydrogen (secondary N) is 2. The van der Waals surface area contributed by atoms with Crippen LogP contribution in [0.5, 0.6) is 0 Å². The minimum absolute atomic E-state index is 0.0440. The van der Waals surface area contributed by atoms with Gasteiger partial charge < -0.3 is 25.4 Å². The molecular formula is C21H27N5O5. The topological polar surface area (TPSA) is 124 Å². The number of hydrogen-bond donors (Lipinski definition) is 3. The van der Waals surface area contributed by atoms with E-state index < -0.39 is 5.97 Å². The fraction of sp³-hybridized carbons (Fsp3) is 0.429. The summed E-state index contributed by atoms with van der Waals surface area (Å²) in [7, 11) is 1.59. The summed E-state index contributed by atoms with van der Waals surface area (Å²) in [6, 6.07) is 6.59. The third-order valence-corrected chi connectivity index (χ3v) is 5.04. The van der Waals surface area contributed by atoms with E-state index in [-0.39, 0.29) is 17.4 Å². The Morgan fingerprint density at radius 3 is 2.55 bits per heavy atom. The number of aromatic nitrogens is 1. The summed E-state index contributed by atoms with van der Waals surface area (Å²) in [4.78, 5) is 43.9. The van der Waals surface area contributed by atoms with Gasteiger partial charge in [-0.15, -0.1) is 0 Å². The highest BCUT2D eigenvalue weighted by atomic mass is 16.5. The van der Waals surface area contributed by atoms with Gasteiger partial charge in [-0.1, -0.05) is 0 Å². The van der Waals surface area contributed by atoms with Gasteiger partial charge in [0.2, 0.25) is 11.8 Å². The summed E-state index contributed by atoms with van der Waals surface area (Å²) < 4.78 is 4.92. The lowest BCUT2D eigenvalue weighted by molar-refractivity contribution is -0.122. The van der Waals surface area contributed by atoms with Crippen molar-refractivity contribution in [2.75, 3.05) is 63.2 Å². The Labute approximate surface area is 180 Å². The number of pyridine rings is 1. The van der Waals surface area contributed by atoms with Gasteiger partial charge in [0.05, 0.1) is 24.2 Å². The van der Waals surface area contributed by atoms with Gasteiger partial charge in [-0.2, -0.15) is 0 Å². The lowest BCUT2D eigenvalue weighted by Crippen LogP contribution is -2.50. The maximum absolute atomic E-state index is 12.0. The highest BCUT2D eigenvalue weighted by Gasteiger charge is 2.22. The summed E-state index contributed by atoms with van der Waals surface area (Å²) in [5, 5.41) is 15.6. The summed E-state index contributed by atoms with van der Waals surface area (Å²) >= 11 is 0. The van der Waals surface area contributed by atoms with E-state index in [9.17, 15) is 19.5 Å². The van der Waals surface area contributed by atoms with Crippen LogP contribution in [0.3, 0.4) is 0 Å². The van der Waals surface area contributed by atoms with E-state index >= 15 is 0 Å². The van der Waals surface area contributed by atoms with Gasteiger partial charge in [-0.3, -0.25) is 14.5 Å². The minimum Gasteiger partial charge on any atom is -0.478 e. The van der Waals surface area contributed by atoms with Crippen molar-refractivity contribution >= 4 is 40.2 Å². The summed E-state index contributed by atoms with van der Waals surface area (Å²) in [6.45, 7) is 5.27. The van der Waals surface area contributed by atoms with E-state index in [4.69, 9.17) is 4.74 Å². The van der Waals surface area contributed by atoms with Gasteiger partial charge in [-0.05, 0) is 24.3 Å². The van der Waals surface area contributed by atoms with Crippen molar-refractivity contribution in [2.45, 2.75) is 6.92 Å². The van der Waals surface area contributed by atoms with Crippen molar-refractivity contribution in [2.24, 2.45) is 0 Å². The number of ether oxygens (including phenoxy) is 1. The standard InChI is InChI=1S/C21H27N5O5/c1-14(27)23-15-3-4-18-16(11-15)17(21(29)30)12-19(24-18)26-8-6-25(7-9-26)13-20(28)22-5-10-31-2/h3-4,11-12H,5-10,13H2,1-2H3,(H,22,28)(H,23,27)(H,29,30). The van der Waals surface area contributed by atoms with Crippen LogP contribution in [0, 0.1) is 0 Å². The lowest BCUT2D eigenvalue weighted by atomic mass is 10.1. The van der Waals surface area contributed by atoms with Crippen LogP contribution in [0.15, 0.2) is 24.3 Å². The Morgan fingerprint density at radius 2 is 1.90 bits per heavy atom. The first-order valence-electron chi connectivity index (χ1n) is 10.1. The Balaban J connectivity index is 1.71. The van der Waals surface area contributed by atoms with Crippen molar-refractivity contribution in [3.8, 4) is 0 Å². The first-order valence-corrected chi connectivity index (χ1v) is 10.1. The number of methoxy groups -OCH3 is 1. The van der Waals surface area contributed by atoms with Gasteiger partial charge >= 0.3 is 5.97 Å². The maximum atomic E-state index is 12.0. The van der Waals surface area contributed by atoms with Gasteiger partial charge in [0.15, 0.2) is 0 Å². The molecule has 1 aromatic carbocycles. The van der Waals surface area contributed by atoms with E-state index in [0.29, 0.717) is 68.3 Å². The number of carbonyl (C=O) groups excluding carboxylic acids is 2. The molecule has 0 bridgehead atoms. The second-order valence-electron chi connectivity index (χ2n) is 7.35. The quantitative estimate of drug-likeness (QED) is 0.526. The summed E-state index contributed by atoms with van der Waals surface area (Å²) in [6.07, 6.45) is 0. The molecule has 10 heteroatoms. The zero-order chi connectivity index (χ0) is 22.4. The van der Waals surface area contributed by atoms with Crippen molar-refractivity contribution < 1.29 is 24.2 Å². The van der Waals surface area contributed by atoms with Crippen LogP contribution >= 0.6 is 0 Å². The lowest BCUT2D eigenvalue weighted by Gasteiger charge is -2.35. The molecule has 0 unspecified atom stereocenters. The molecule has 2 aromatic rings. The number of carboxylic acid groups (broad SMARTS) is 1. The Bertz CT molecular complexity index is 972. The highest BCUT2D eigenvalue weighted by Crippen LogP contribution is 2.26. The SMILES string of the molecule is COCCNC(=O)CN1CCN(c2cc(C(=O)O)c3cc(NC(C)=O)ccc3n2)CC1. The number of piperazine rings is 1. The van der Waals surface area contributed by atoms with Gasteiger partial charge in [0.25, 0.3) is 0 Å². The van der Waals surface area contributed by atoms with Gasteiger partial charge in [0.1, 0.15) is 5.82 Å². The van der Waals surface area contributed by atoms with E-state index in [0.717, 1.165) is 0 Å². The number of anilines is 2. The monoisotopic (exact) mass is 429 g/mol. The van der Waals surface area contributed by atoms with Crippen molar-refractivity contribution in [3.63, 3.8) is 0 Å². The van der Waals surface area contributed by atoms with Gasteiger partial charge in [-0.25, -0.2) is 9.78 Å². The van der Waals surface area contributed by atoms with Crippen molar-refractivity contribution in [1.82, 2.24) is 15.2 Å². The molecular weight excluding hydrogens is 402 g/mol. The molecule has 10 nitrogen and oxygen atoms in total. The molecule has 166 valence electrons. The summed E-state index contributed by atoms with van der Waals surface area (Å²) in [5.41, 5.74) is 1.20. The molecule has 0 spiro atoms. The molecule has 0 radical (unpaired) electrons. The number of aromatic carboxylic acids is 1. The van der Waals surface area contributed by atoms with E-state index in [1.807, 2.05) is 4.90 Å². The van der Waals surface area contributed by atoms with Crippen LogP contribution < -0.4 is 15.5 Å². The fourth-order valence-electron chi connectivity index (χ4n) is 3.52. The van der Waals surface area contributed by atoms with Crippen LogP contribution in [0.4, 0.5) is 11.5 Å². The number of hydrogen-bond acceptors (Lipinski definition) is 7. The molecule has 1 saturated heterocycles. The Hall–Kier alpha value is -3.24. The Kier molecular flexibility index (Phi) is 7.37. The highest BCUT2D eigenvalue weighted by molar-refractivity contribution is 6.05. The fourth-order valence-corrected chi connectivity index (χ4v) is 3.52. The zero-order valence-electron chi connectivity index (χ0n) is 17.7. The molecule has 0 aliphatic carbocycles. The number of carbonyl (C=O) groups is 3. The van der Waals surface area contributed by atoms with E-state index in [2.05, 4.69) is 20.5 Å². The van der Waals surface area contributed by atoms with E-state index in [1.54, 1.807) is 31.4 Å². The largest absolute Gasteiger partial charge is 0.478 e. The average molecular weight is 429 g/mol. The third kappa shape index (κ3) is 5.89.